The maximum Gasteiger partial charge on any atom is 0.0201 e. The van der Waals surface area contributed by atoms with Crippen LogP contribution < -0.4 is 5.32 Å². The minimum Gasteiger partial charge on any atom is -0.310 e. The third-order valence-corrected chi connectivity index (χ3v) is 2.87. The molecule has 2 rings (SSSR count). The van der Waals surface area contributed by atoms with Crippen molar-refractivity contribution in [2.75, 3.05) is 20.1 Å². The molecule has 2 nitrogen and oxygen atoms in total. The second-order valence-electron chi connectivity index (χ2n) is 3.87. The first-order valence-corrected chi connectivity index (χ1v) is 4.20. The van der Waals surface area contributed by atoms with Gasteiger partial charge in [-0.25, -0.2) is 0 Å². The van der Waals surface area contributed by atoms with Crippen molar-refractivity contribution in [2.24, 2.45) is 5.92 Å². The van der Waals surface area contributed by atoms with Crippen LogP contribution >= 0.6 is 0 Å². The molecule has 0 aromatic heterocycles. The van der Waals surface area contributed by atoms with Gasteiger partial charge in [-0.3, -0.25) is 0 Å². The highest BCUT2D eigenvalue weighted by atomic mass is 15.2. The minimum absolute atomic E-state index is 0.759. The van der Waals surface area contributed by atoms with Crippen LogP contribution in [0.25, 0.3) is 0 Å². The van der Waals surface area contributed by atoms with Gasteiger partial charge in [-0.2, -0.15) is 0 Å². The average molecular weight is 140 g/mol. The van der Waals surface area contributed by atoms with E-state index in [0.717, 1.165) is 18.0 Å². The molecular formula is C8H16N2. The summed E-state index contributed by atoms with van der Waals surface area (Å²) in [6.07, 6.45) is 1.41. The topological polar surface area (TPSA) is 15.3 Å². The molecule has 0 spiro atoms. The van der Waals surface area contributed by atoms with Gasteiger partial charge in [0, 0.05) is 25.2 Å². The Labute approximate surface area is 62.6 Å². The lowest BCUT2D eigenvalue weighted by atomic mass is 9.96. The number of nitrogens with zero attached hydrogens (tertiary/aromatic N) is 1. The van der Waals surface area contributed by atoms with Gasteiger partial charge in [-0.15, -0.1) is 0 Å². The first kappa shape index (κ1) is 6.62. The van der Waals surface area contributed by atoms with Crippen LogP contribution in [0.1, 0.15) is 13.3 Å². The Kier molecular flexibility index (Phi) is 1.46. The van der Waals surface area contributed by atoms with Crippen molar-refractivity contribution in [1.29, 1.82) is 0 Å². The van der Waals surface area contributed by atoms with E-state index in [2.05, 4.69) is 24.2 Å². The zero-order valence-electron chi connectivity index (χ0n) is 6.80. The predicted molar refractivity (Wildman–Crippen MR) is 42.0 cm³/mol. The molecule has 10 heavy (non-hydrogen) atoms. The fourth-order valence-electron chi connectivity index (χ4n) is 2.36. The average Bonchev–Trinajstić information content (AvgIpc) is 2.07. The molecule has 0 radical (unpaired) electrons. The van der Waals surface area contributed by atoms with Gasteiger partial charge in [-0.05, 0) is 26.3 Å². The van der Waals surface area contributed by atoms with Gasteiger partial charge >= 0.3 is 0 Å². The van der Waals surface area contributed by atoms with E-state index in [1.54, 1.807) is 0 Å². The molecular weight excluding hydrogens is 124 g/mol. The van der Waals surface area contributed by atoms with Gasteiger partial charge in [0.1, 0.15) is 0 Å². The molecule has 3 atom stereocenters. The highest BCUT2D eigenvalue weighted by molar-refractivity contribution is 4.94. The van der Waals surface area contributed by atoms with E-state index in [1.807, 2.05) is 0 Å². The number of likely N-dealkylation sites (tertiary alicyclic amines) is 1. The maximum absolute atomic E-state index is 3.60. The molecule has 1 N–H and O–H groups in total. The number of hydrogen-bond donors (Lipinski definition) is 1. The highest BCUT2D eigenvalue weighted by Crippen LogP contribution is 2.25. The maximum atomic E-state index is 3.60. The van der Waals surface area contributed by atoms with E-state index in [4.69, 9.17) is 0 Å². The molecule has 2 aliphatic heterocycles. The number of piperidine rings is 1. The van der Waals surface area contributed by atoms with Crippen LogP contribution in [0.15, 0.2) is 0 Å². The lowest BCUT2D eigenvalue weighted by Gasteiger charge is -2.27. The van der Waals surface area contributed by atoms with Gasteiger partial charge in [-0.1, -0.05) is 0 Å². The largest absolute Gasteiger partial charge is 0.310 e. The molecule has 2 fully saturated rings. The zero-order valence-corrected chi connectivity index (χ0v) is 6.80. The molecule has 58 valence electrons. The SMILES string of the molecule is C[C@@H]1N[C@H]2C[C@@H]1CN(C)C2. The standard InChI is InChI=1S/C8H16N2/c1-6-7-3-8(9-6)5-10(2)4-7/h6-9H,3-5H2,1-2H3/t6-,7+,8-/m0/s1. The molecule has 2 heterocycles. The van der Waals surface area contributed by atoms with Crippen molar-refractivity contribution < 1.29 is 0 Å². The minimum atomic E-state index is 0.759. The summed E-state index contributed by atoms with van der Waals surface area (Å²) < 4.78 is 0. The summed E-state index contributed by atoms with van der Waals surface area (Å²) in [7, 11) is 2.22. The van der Waals surface area contributed by atoms with Crippen LogP contribution in [0.4, 0.5) is 0 Å². The summed E-state index contributed by atoms with van der Waals surface area (Å²) in [5, 5.41) is 3.60. The van der Waals surface area contributed by atoms with Crippen LogP contribution in [0.5, 0.6) is 0 Å². The lowest BCUT2D eigenvalue weighted by Crippen LogP contribution is -2.38. The van der Waals surface area contributed by atoms with Crippen molar-refractivity contribution in [2.45, 2.75) is 25.4 Å². The molecule has 2 aliphatic rings. The Morgan fingerprint density at radius 2 is 2.20 bits per heavy atom. The van der Waals surface area contributed by atoms with Crippen molar-refractivity contribution in [1.82, 2.24) is 10.2 Å². The molecule has 0 aliphatic carbocycles. The smallest absolute Gasteiger partial charge is 0.0201 e. The summed E-state index contributed by atoms with van der Waals surface area (Å²) in [6.45, 7) is 4.86. The van der Waals surface area contributed by atoms with E-state index in [0.29, 0.717) is 0 Å². The van der Waals surface area contributed by atoms with Crippen molar-refractivity contribution in [3.8, 4) is 0 Å². The molecule has 0 unspecified atom stereocenters. The Balaban J connectivity index is 2.06. The molecule has 0 amide bonds. The second-order valence-corrected chi connectivity index (χ2v) is 3.87. The van der Waals surface area contributed by atoms with Crippen LogP contribution in [-0.2, 0) is 0 Å². The van der Waals surface area contributed by atoms with Gasteiger partial charge in [0.2, 0.25) is 0 Å². The van der Waals surface area contributed by atoms with Crippen molar-refractivity contribution in [3.63, 3.8) is 0 Å². The number of nitrogens with one attached hydrogen (secondary N) is 1. The van der Waals surface area contributed by atoms with Crippen LogP contribution in [0.2, 0.25) is 0 Å². The second kappa shape index (κ2) is 2.21. The first-order valence-electron chi connectivity index (χ1n) is 4.20. The van der Waals surface area contributed by atoms with Gasteiger partial charge in [0.15, 0.2) is 0 Å². The Morgan fingerprint density at radius 3 is 2.90 bits per heavy atom. The molecule has 0 saturated carbocycles. The zero-order chi connectivity index (χ0) is 7.14. The van der Waals surface area contributed by atoms with Crippen molar-refractivity contribution in [3.05, 3.63) is 0 Å². The van der Waals surface area contributed by atoms with E-state index in [9.17, 15) is 0 Å². The summed E-state index contributed by atoms with van der Waals surface area (Å²) in [5.41, 5.74) is 0. The van der Waals surface area contributed by atoms with Gasteiger partial charge < -0.3 is 10.2 Å². The molecule has 2 bridgehead atoms. The fraction of sp³-hybridized carbons (Fsp3) is 1.00. The number of rotatable bonds is 0. The van der Waals surface area contributed by atoms with E-state index in [-0.39, 0.29) is 0 Å². The highest BCUT2D eigenvalue weighted by Gasteiger charge is 2.35. The molecule has 2 heteroatoms. The normalized spacial score (nSPS) is 48.0. The van der Waals surface area contributed by atoms with Gasteiger partial charge in [0.25, 0.3) is 0 Å². The quantitative estimate of drug-likeness (QED) is 0.520. The monoisotopic (exact) mass is 140 g/mol. The third-order valence-electron chi connectivity index (χ3n) is 2.87. The third kappa shape index (κ3) is 0.956. The van der Waals surface area contributed by atoms with E-state index in [1.165, 1.54) is 19.5 Å². The Hall–Kier alpha value is -0.0800. The van der Waals surface area contributed by atoms with E-state index >= 15 is 0 Å². The lowest BCUT2D eigenvalue weighted by molar-refractivity contribution is 0.226. The Bertz CT molecular complexity index is 130. The summed E-state index contributed by atoms with van der Waals surface area (Å²) in [4.78, 5) is 2.44. The first-order chi connectivity index (χ1) is 4.75. The van der Waals surface area contributed by atoms with Crippen LogP contribution in [0.3, 0.4) is 0 Å². The van der Waals surface area contributed by atoms with E-state index < -0.39 is 0 Å². The summed E-state index contributed by atoms with van der Waals surface area (Å²) in [5.74, 6) is 0.920. The molecule has 2 saturated heterocycles. The predicted octanol–water partition coefficient (Wildman–Crippen LogP) is 0.298. The van der Waals surface area contributed by atoms with Crippen LogP contribution in [-0.4, -0.2) is 37.1 Å². The molecule has 0 aromatic carbocycles. The molecule has 0 aromatic rings. The summed E-state index contributed by atoms with van der Waals surface area (Å²) in [6, 6.07) is 1.55. The number of likely N-dealkylation sites (N-methyl/N-ethyl adjacent to an activating group) is 1. The Morgan fingerprint density at radius 1 is 1.40 bits per heavy atom. The number of fused-ring (bicyclic) bond motifs is 2. The fourth-order valence-corrected chi connectivity index (χ4v) is 2.36. The van der Waals surface area contributed by atoms with Gasteiger partial charge in [0.05, 0.1) is 0 Å². The van der Waals surface area contributed by atoms with Crippen molar-refractivity contribution >= 4 is 0 Å². The van der Waals surface area contributed by atoms with Crippen LogP contribution in [0, 0.1) is 5.92 Å². The summed E-state index contributed by atoms with van der Waals surface area (Å²) >= 11 is 0. The number of hydrogen-bond acceptors (Lipinski definition) is 2.